The highest BCUT2D eigenvalue weighted by atomic mass is 19.1. The monoisotopic (exact) mass is 475 g/mol. The van der Waals surface area contributed by atoms with Crippen molar-refractivity contribution in [3.63, 3.8) is 0 Å². The van der Waals surface area contributed by atoms with Crippen LogP contribution in [-0.2, 0) is 16.5 Å². The van der Waals surface area contributed by atoms with E-state index in [0.29, 0.717) is 11.3 Å². The molecule has 0 aliphatic heterocycles. The Labute approximate surface area is 193 Å². The van der Waals surface area contributed by atoms with Crippen LogP contribution in [0.15, 0.2) is 30.9 Å². The average Bonchev–Trinajstić information content (AvgIpc) is 3.09. The van der Waals surface area contributed by atoms with E-state index in [0.717, 1.165) is 12.3 Å². The molecular weight excluding hydrogens is 452 g/mol. The van der Waals surface area contributed by atoms with Gasteiger partial charge < -0.3 is 9.47 Å². The summed E-state index contributed by atoms with van der Waals surface area (Å²) in [5, 5.41) is 9.09. The number of rotatable bonds is 5. The SMILES string of the molecule is C[C@@H](OC(=O)Nc1c(-c2ncc(NC(=O)OC(C)(C)C)cn2)cnn1C)c1cc(F)cnc1F. The minimum Gasteiger partial charge on any atom is -0.444 e. The molecule has 0 radical (unpaired) electrons. The fourth-order valence-corrected chi connectivity index (χ4v) is 2.78. The third kappa shape index (κ3) is 6.21. The molecule has 2 amide bonds. The summed E-state index contributed by atoms with van der Waals surface area (Å²) in [6.07, 6.45) is 2.16. The zero-order valence-corrected chi connectivity index (χ0v) is 19.1. The first-order valence-electron chi connectivity index (χ1n) is 10.1. The van der Waals surface area contributed by atoms with E-state index in [1.165, 1.54) is 30.2 Å². The molecule has 0 saturated heterocycles. The van der Waals surface area contributed by atoms with Crippen LogP contribution < -0.4 is 10.6 Å². The Balaban J connectivity index is 1.70. The number of hydrogen-bond donors (Lipinski definition) is 2. The van der Waals surface area contributed by atoms with Crippen molar-refractivity contribution in [1.82, 2.24) is 24.7 Å². The van der Waals surface area contributed by atoms with E-state index in [-0.39, 0.29) is 17.2 Å². The van der Waals surface area contributed by atoms with E-state index in [1.807, 2.05) is 0 Å². The molecule has 3 heterocycles. The second kappa shape index (κ2) is 9.77. The topological polar surface area (TPSA) is 133 Å². The molecule has 3 aromatic rings. The zero-order chi connectivity index (χ0) is 25.0. The summed E-state index contributed by atoms with van der Waals surface area (Å²) in [5.74, 6) is -1.31. The van der Waals surface area contributed by atoms with Crippen molar-refractivity contribution in [2.45, 2.75) is 39.4 Å². The number of halogens is 2. The number of pyridine rings is 1. The van der Waals surface area contributed by atoms with Gasteiger partial charge in [0.1, 0.15) is 23.3 Å². The number of ether oxygens (including phenoxy) is 2. The van der Waals surface area contributed by atoms with Gasteiger partial charge in [0.15, 0.2) is 5.82 Å². The van der Waals surface area contributed by atoms with E-state index in [9.17, 15) is 18.4 Å². The van der Waals surface area contributed by atoms with Crippen molar-refractivity contribution in [2.24, 2.45) is 7.05 Å². The highest BCUT2D eigenvalue weighted by Crippen LogP contribution is 2.26. The molecule has 0 spiro atoms. The molecule has 3 aromatic heterocycles. The fourth-order valence-electron chi connectivity index (χ4n) is 2.78. The van der Waals surface area contributed by atoms with Crippen LogP contribution in [0.2, 0.25) is 0 Å². The summed E-state index contributed by atoms with van der Waals surface area (Å²) in [4.78, 5) is 35.9. The van der Waals surface area contributed by atoms with Crippen molar-refractivity contribution in [2.75, 3.05) is 10.6 Å². The quantitative estimate of drug-likeness (QED) is 0.525. The molecule has 13 heteroatoms. The number of carbonyl (C=O) groups is 2. The Kier molecular flexibility index (Phi) is 7.03. The number of nitrogens with one attached hydrogen (secondary N) is 2. The van der Waals surface area contributed by atoms with Crippen LogP contribution in [0.3, 0.4) is 0 Å². The van der Waals surface area contributed by atoms with Gasteiger partial charge in [-0.15, -0.1) is 0 Å². The first-order valence-corrected chi connectivity index (χ1v) is 10.1. The number of aryl methyl sites for hydroxylation is 1. The largest absolute Gasteiger partial charge is 0.444 e. The van der Waals surface area contributed by atoms with Crippen molar-refractivity contribution in [3.8, 4) is 11.4 Å². The lowest BCUT2D eigenvalue weighted by Gasteiger charge is -2.19. The minimum atomic E-state index is -1.12. The van der Waals surface area contributed by atoms with Gasteiger partial charge >= 0.3 is 12.2 Å². The smallest absolute Gasteiger partial charge is 0.413 e. The molecule has 34 heavy (non-hydrogen) atoms. The lowest BCUT2D eigenvalue weighted by molar-refractivity contribution is 0.0635. The molecule has 0 aliphatic rings. The Morgan fingerprint density at radius 1 is 1.03 bits per heavy atom. The van der Waals surface area contributed by atoms with Gasteiger partial charge in [-0.2, -0.15) is 9.49 Å². The maximum atomic E-state index is 13.8. The number of nitrogens with zero attached hydrogens (tertiary/aromatic N) is 5. The molecule has 0 aromatic carbocycles. The van der Waals surface area contributed by atoms with Gasteiger partial charge in [0.25, 0.3) is 0 Å². The molecule has 0 unspecified atom stereocenters. The van der Waals surface area contributed by atoms with Crippen LogP contribution in [0.1, 0.15) is 39.4 Å². The number of hydrogen-bond acceptors (Lipinski definition) is 8. The number of anilines is 2. The van der Waals surface area contributed by atoms with Crippen molar-refractivity contribution >= 4 is 23.7 Å². The maximum Gasteiger partial charge on any atom is 0.413 e. The molecule has 180 valence electrons. The van der Waals surface area contributed by atoms with Gasteiger partial charge in [-0.05, 0) is 33.8 Å². The zero-order valence-electron chi connectivity index (χ0n) is 19.1. The van der Waals surface area contributed by atoms with Gasteiger partial charge in [-0.3, -0.25) is 15.3 Å². The molecule has 0 bridgehead atoms. The molecule has 1 atom stereocenters. The minimum absolute atomic E-state index is 0.197. The van der Waals surface area contributed by atoms with E-state index in [4.69, 9.17) is 9.47 Å². The maximum absolute atomic E-state index is 13.8. The fraction of sp³-hybridized carbons (Fsp3) is 0.333. The molecule has 11 nitrogen and oxygen atoms in total. The van der Waals surface area contributed by atoms with E-state index in [2.05, 4.69) is 30.7 Å². The third-order valence-electron chi connectivity index (χ3n) is 4.25. The first-order chi connectivity index (χ1) is 15.9. The number of aromatic nitrogens is 5. The van der Waals surface area contributed by atoms with E-state index < -0.39 is 35.7 Å². The van der Waals surface area contributed by atoms with Crippen LogP contribution in [0.25, 0.3) is 11.4 Å². The Morgan fingerprint density at radius 3 is 2.35 bits per heavy atom. The molecule has 2 N–H and O–H groups in total. The van der Waals surface area contributed by atoms with Crippen molar-refractivity contribution in [1.29, 1.82) is 0 Å². The van der Waals surface area contributed by atoms with Crippen LogP contribution in [0.4, 0.5) is 29.9 Å². The summed E-state index contributed by atoms with van der Waals surface area (Å²) in [6.45, 7) is 6.59. The Hall–Kier alpha value is -4.16. The van der Waals surface area contributed by atoms with Gasteiger partial charge in [0.2, 0.25) is 5.95 Å². The molecule has 0 saturated carbocycles. The molecule has 3 rings (SSSR count). The second-order valence-corrected chi connectivity index (χ2v) is 8.16. The molecule has 0 fully saturated rings. The van der Waals surface area contributed by atoms with Crippen molar-refractivity contribution < 1.29 is 27.8 Å². The van der Waals surface area contributed by atoms with Gasteiger partial charge in [-0.25, -0.2) is 28.9 Å². The van der Waals surface area contributed by atoms with Gasteiger partial charge in [-0.1, -0.05) is 0 Å². The summed E-state index contributed by atoms with van der Waals surface area (Å²) >= 11 is 0. The highest BCUT2D eigenvalue weighted by Gasteiger charge is 2.21. The van der Waals surface area contributed by atoms with Crippen LogP contribution in [0, 0.1) is 11.8 Å². The summed E-state index contributed by atoms with van der Waals surface area (Å²) in [6, 6.07) is 0.899. The summed E-state index contributed by atoms with van der Waals surface area (Å²) in [7, 11) is 1.57. The highest BCUT2D eigenvalue weighted by molar-refractivity contribution is 5.89. The molecular formula is C21H23F2N7O4. The van der Waals surface area contributed by atoms with E-state index >= 15 is 0 Å². The lowest BCUT2D eigenvalue weighted by Crippen LogP contribution is -2.27. The van der Waals surface area contributed by atoms with Gasteiger partial charge in [0.05, 0.1) is 41.6 Å². The summed E-state index contributed by atoms with van der Waals surface area (Å²) in [5.41, 5.74) is -0.216. The van der Waals surface area contributed by atoms with Crippen LogP contribution >= 0.6 is 0 Å². The standard InChI is InChI=1S/C21H23F2N7O4/c1-11(14-6-12(22)7-24-16(14)23)33-19(31)29-18-15(10-27-30(18)5)17-25-8-13(9-26-17)28-20(32)34-21(2,3)4/h6-11H,1-5H3,(H,28,32)(H,29,31)/t11-/m1/s1. The normalized spacial score (nSPS) is 12.1. The lowest BCUT2D eigenvalue weighted by atomic mass is 10.2. The Bertz CT molecular complexity index is 1190. The molecule has 0 aliphatic carbocycles. The van der Waals surface area contributed by atoms with E-state index in [1.54, 1.807) is 27.8 Å². The second-order valence-electron chi connectivity index (χ2n) is 8.16. The number of carbonyl (C=O) groups excluding carboxylic acids is 2. The first kappa shape index (κ1) is 24.5. The Morgan fingerprint density at radius 2 is 1.71 bits per heavy atom. The summed E-state index contributed by atoms with van der Waals surface area (Å²) < 4.78 is 38.9. The van der Waals surface area contributed by atoms with Crippen molar-refractivity contribution in [3.05, 3.63) is 48.2 Å². The third-order valence-corrected chi connectivity index (χ3v) is 4.25. The van der Waals surface area contributed by atoms with Gasteiger partial charge in [0, 0.05) is 7.05 Å². The average molecular weight is 475 g/mol. The van der Waals surface area contributed by atoms with Crippen LogP contribution in [0.5, 0.6) is 0 Å². The predicted octanol–water partition coefficient (Wildman–Crippen LogP) is 4.21. The van der Waals surface area contributed by atoms with Crippen LogP contribution in [-0.4, -0.2) is 42.5 Å². The predicted molar refractivity (Wildman–Crippen MR) is 117 cm³/mol. The number of amides is 2.